The van der Waals surface area contributed by atoms with Crippen molar-refractivity contribution in [3.8, 4) is 0 Å². The molecule has 0 radical (unpaired) electrons. The van der Waals surface area contributed by atoms with E-state index >= 15 is 0 Å². The maximum Gasteiger partial charge on any atom is 0.550 e. The zero-order chi connectivity index (χ0) is 14.0. The van der Waals surface area contributed by atoms with Crippen LogP contribution < -0.4 is 0 Å². The van der Waals surface area contributed by atoms with Gasteiger partial charge in [0.25, 0.3) is 0 Å². The van der Waals surface area contributed by atoms with Crippen LogP contribution in [0.25, 0.3) is 0 Å². The van der Waals surface area contributed by atoms with Crippen LogP contribution in [-0.4, -0.2) is 24.5 Å². The molecular weight excluding hydrogens is 240 g/mol. The highest BCUT2D eigenvalue weighted by atomic mass is 17.3. The average Bonchev–Trinajstić information content (AvgIpc) is 2.27. The third kappa shape index (κ3) is 8.66. The fraction of sp³-hybridized carbons (Fsp3) is 0.833. The predicted molar refractivity (Wildman–Crippen MR) is 63.9 cm³/mol. The van der Waals surface area contributed by atoms with E-state index in [2.05, 4.69) is 9.78 Å². The minimum absolute atomic E-state index is 0.277. The summed E-state index contributed by atoms with van der Waals surface area (Å²) in [6, 6.07) is 0. The first-order chi connectivity index (χ1) is 8.49. The maximum absolute atomic E-state index is 11.1. The lowest BCUT2D eigenvalue weighted by atomic mass is 10.2. The highest BCUT2D eigenvalue weighted by Gasteiger charge is 2.16. The van der Waals surface area contributed by atoms with Gasteiger partial charge in [-0.05, 0) is 26.7 Å². The summed E-state index contributed by atoms with van der Waals surface area (Å²) in [4.78, 5) is 30.5. The van der Waals surface area contributed by atoms with Gasteiger partial charge in [0.1, 0.15) is 12.2 Å². The van der Waals surface area contributed by atoms with E-state index in [-0.39, 0.29) is 12.2 Å². The van der Waals surface area contributed by atoms with Crippen molar-refractivity contribution in [2.75, 3.05) is 0 Å². The minimum atomic E-state index is -1.05. The van der Waals surface area contributed by atoms with Gasteiger partial charge in [0.15, 0.2) is 0 Å². The fourth-order valence-corrected chi connectivity index (χ4v) is 1.37. The van der Waals surface area contributed by atoms with E-state index in [0.717, 1.165) is 12.8 Å². The van der Waals surface area contributed by atoms with Crippen molar-refractivity contribution in [3.63, 3.8) is 0 Å². The normalized spacial score (nSPS) is 13.3. The third-order valence-electron chi connectivity index (χ3n) is 2.16. The van der Waals surface area contributed by atoms with E-state index in [1.165, 1.54) is 0 Å². The zero-order valence-electron chi connectivity index (χ0n) is 11.4. The van der Waals surface area contributed by atoms with Crippen LogP contribution in [0.5, 0.6) is 0 Å². The Bertz CT molecular complexity index is 227. The summed E-state index contributed by atoms with van der Waals surface area (Å²) in [6.07, 6.45) is 0.548. The molecule has 6 heteroatoms. The second-order valence-corrected chi connectivity index (χ2v) is 4.10. The molecule has 0 saturated carbocycles. The van der Waals surface area contributed by atoms with E-state index in [0.29, 0.717) is 12.8 Å². The molecule has 0 aromatic carbocycles. The quantitative estimate of drug-likeness (QED) is 0.414. The molecular formula is C12H22O6. The summed E-state index contributed by atoms with van der Waals surface area (Å²) in [5.74, 6) is 0. The Morgan fingerprint density at radius 3 is 1.44 bits per heavy atom. The summed E-state index contributed by atoms with van der Waals surface area (Å²) < 4.78 is 9.60. The Hall–Kier alpha value is -1.46. The molecule has 106 valence electrons. The van der Waals surface area contributed by atoms with Gasteiger partial charge in [0.2, 0.25) is 0 Å². The molecule has 6 nitrogen and oxygen atoms in total. The summed E-state index contributed by atoms with van der Waals surface area (Å²) >= 11 is 0. The molecule has 0 bridgehead atoms. The molecule has 0 aliphatic rings. The van der Waals surface area contributed by atoms with E-state index < -0.39 is 12.3 Å². The molecule has 0 aromatic heterocycles. The second kappa shape index (κ2) is 9.56. The number of carbonyl (C=O) groups is 2. The van der Waals surface area contributed by atoms with E-state index in [4.69, 9.17) is 9.47 Å². The average molecular weight is 262 g/mol. The van der Waals surface area contributed by atoms with Gasteiger partial charge in [-0.15, -0.1) is 0 Å². The second-order valence-electron chi connectivity index (χ2n) is 4.10. The molecule has 0 aromatic rings. The highest BCUT2D eigenvalue weighted by molar-refractivity contribution is 5.63. The van der Waals surface area contributed by atoms with Crippen LogP contribution in [0.4, 0.5) is 9.59 Å². The first kappa shape index (κ1) is 16.5. The molecule has 2 atom stereocenters. The summed E-state index contributed by atoms with van der Waals surface area (Å²) in [5.41, 5.74) is 0. The smallest absolute Gasteiger partial charge is 0.429 e. The lowest BCUT2D eigenvalue weighted by Crippen LogP contribution is -2.20. The van der Waals surface area contributed by atoms with Crippen LogP contribution >= 0.6 is 0 Å². The van der Waals surface area contributed by atoms with Crippen molar-refractivity contribution in [2.45, 2.75) is 65.6 Å². The van der Waals surface area contributed by atoms with E-state index in [1.54, 1.807) is 13.8 Å². The molecule has 0 heterocycles. The number of hydrogen-bond acceptors (Lipinski definition) is 6. The lowest BCUT2D eigenvalue weighted by molar-refractivity contribution is -0.224. The third-order valence-corrected chi connectivity index (χ3v) is 2.16. The first-order valence-electron chi connectivity index (χ1n) is 6.25. The van der Waals surface area contributed by atoms with E-state index in [1.807, 2.05) is 13.8 Å². The van der Waals surface area contributed by atoms with Crippen molar-refractivity contribution < 1.29 is 28.8 Å². The molecule has 0 aliphatic heterocycles. The number of hydrogen-bond donors (Lipinski definition) is 0. The molecule has 0 amide bonds. The molecule has 2 unspecified atom stereocenters. The minimum Gasteiger partial charge on any atom is -0.429 e. The van der Waals surface area contributed by atoms with Crippen LogP contribution in [0.2, 0.25) is 0 Å². The van der Waals surface area contributed by atoms with Gasteiger partial charge in [0.05, 0.1) is 0 Å². The molecule has 0 spiro atoms. The van der Waals surface area contributed by atoms with Gasteiger partial charge >= 0.3 is 12.3 Å². The standard InChI is InChI=1S/C12H22O6/c1-5-7-9(3)15-11(13)17-18-12(14)16-10(4)8-6-2/h9-10H,5-8H2,1-4H3. The van der Waals surface area contributed by atoms with Crippen LogP contribution in [0.3, 0.4) is 0 Å². The van der Waals surface area contributed by atoms with Gasteiger partial charge in [-0.25, -0.2) is 0 Å². The Kier molecular flexibility index (Phi) is 8.78. The number of carbonyl (C=O) groups excluding carboxylic acids is 2. The predicted octanol–water partition coefficient (Wildman–Crippen LogP) is 3.59. The molecule has 0 N–H and O–H groups in total. The Labute approximate surface area is 107 Å². The molecule has 0 fully saturated rings. The Balaban J connectivity index is 3.74. The molecule has 18 heavy (non-hydrogen) atoms. The Morgan fingerprint density at radius 1 is 0.833 bits per heavy atom. The van der Waals surface area contributed by atoms with Gasteiger partial charge in [-0.3, -0.25) is 0 Å². The SMILES string of the molecule is CCCC(C)OC(=O)OOC(=O)OC(C)CCC. The van der Waals surface area contributed by atoms with Crippen LogP contribution in [0.1, 0.15) is 53.4 Å². The fourth-order valence-electron chi connectivity index (χ4n) is 1.37. The van der Waals surface area contributed by atoms with Crippen molar-refractivity contribution in [2.24, 2.45) is 0 Å². The molecule has 0 saturated heterocycles. The highest BCUT2D eigenvalue weighted by Crippen LogP contribution is 2.05. The maximum atomic E-state index is 11.1. The van der Waals surface area contributed by atoms with Gasteiger partial charge in [-0.2, -0.15) is 19.4 Å². The van der Waals surface area contributed by atoms with Crippen molar-refractivity contribution >= 4 is 12.3 Å². The number of rotatable bonds is 6. The molecule has 0 aliphatic carbocycles. The van der Waals surface area contributed by atoms with Crippen LogP contribution in [0.15, 0.2) is 0 Å². The van der Waals surface area contributed by atoms with E-state index in [9.17, 15) is 9.59 Å². The van der Waals surface area contributed by atoms with Crippen LogP contribution in [0, 0.1) is 0 Å². The van der Waals surface area contributed by atoms with Crippen LogP contribution in [-0.2, 0) is 19.2 Å². The number of ether oxygens (including phenoxy) is 2. The lowest BCUT2D eigenvalue weighted by Gasteiger charge is -2.12. The Morgan fingerprint density at radius 2 is 1.17 bits per heavy atom. The topological polar surface area (TPSA) is 71.1 Å². The van der Waals surface area contributed by atoms with Gasteiger partial charge in [0, 0.05) is 0 Å². The largest absolute Gasteiger partial charge is 0.550 e. The summed E-state index contributed by atoms with van der Waals surface area (Å²) in [5, 5.41) is 0. The van der Waals surface area contributed by atoms with Gasteiger partial charge in [-0.1, -0.05) is 26.7 Å². The van der Waals surface area contributed by atoms with Crippen molar-refractivity contribution in [1.29, 1.82) is 0 Å². The first-order valence-corrected chi connectivity index (χ1v) is 6.25. The monoisotopic (exact) mass is 262 g/mol. The van der Waals surface area contributed by atoms with Crippen molar-refractivity contribution in [1.82, 2.24) is 0 Å². The van der Waals surface area contributed by atoms with Crippen molar-refractivity contribution in [3.05, 3.63) is 0 Å². The summed E-state index contributed by atoms with van der Waals surface area (Å²) in [6.45, 7) is 7.39. The molecule has 0 rings (SSSR count). The van der Waals surface area contributed by atoms with Gasteiger partial charge < -0.3 is 9.47 Å². The summed E-state index contributed by atoms with van der Waals surface area (Å²) in [7, 11) is 0. The zero-order valence-corrected chi connectivity index (χ0v) is 11.4.